The van der Waals surface area contributed by atoms with Gasteiger partial charge in [0.25, 0.3) is 0 Å². The lowest BCUT2D eigenvalue weighted by molar-refractivity contribution is 0.415. The second-order valence-electron chi connectivity index (χ2n) is 3.60. The van der Waals surface area contributed by atoms with Crippen molar-refractivity contribution in [3.8, 4) is 5.75 Å². The monoisotopic (exact) mass is 248 g/mol. The molecule has 1 nitrogen and oxygen atoms in total. The Hall–Kier alpha value is -1.25. The Morgan fingerprint density at radius 2 is 1.69 bits per heavy atom. The van der Waals surface area contributed by atoms with Gasteiger partial charge in [0.1, 0.15) is 5.75 Å². The number of methoxy groups -OCH3 is 1. The van der Waals surface area contributed by atoms with E-state index in [2.05, 4.69) is 18.2 Å². The second-order valence-corrected chi connectivity index (χ2v) is 5.12. The number of hydrogen-bond donors (Lipinski definition) is 0. The van der Waals surface area contributed by atoms with Crippen molar-refractivity contribution >= 4 is 43.1 Å². The molecular formula is C13H9ClOS. The number of hydrogen-bond acceptors (Lipinski definition) is 2. The Balaban J connectivity index is 2.44. The van der Waals surface area contributed by atoms with E-state index in [4.69, 9.17) is 16.3 Å². The smallest absolute Gasteiger partial charge is 0.119 e. The van der Waals surface area contributed by atoms with Gasteiger partial charge in [-0.1, -0.05) is 11.6 Å². The summed E-state index contributed by atoms with van der Waals surface area (Å²) in [4.78, 5) is 0. The summed E-state index contributed by atoms with van der Waals surface area (Å²) in [5.74, 6) is 0.882. The normalized spacial score (nSPS) is 11.1. The zero-order chi connectivity index (χ0) is 11.1. The number of fused-ring (bicyclic) bond motifs is 3. The van der Waals surface area contributed by atoms with Crippen LogP contribution in [0.2, 0.25) is 5.02 Å². The summed E-state index contributed by atoms with van der Waals surface area (Å²) < 4.78 is 7.76. The highest BCUT2D eigenvalue weighted by molar-refractivity contribution is 7.25. The zero-order valence-corrected chi connectivity index (χ0v) is 10.2. The third kappa shape index (κ3) is 1.46. The van der Waals surface area contributed by atoms with E-state index in [0.717, 1.165) is 10.8 Å². The van der Waals surface area contributed by atoms with Crippen molar-refractivity contribution in [2.24, 2.45) is 0 Å². The second kappa shape index (κ2) is 3.65. The first-order valence-electron chi connectivity index (χ1n) is 4.94. The topological polar surface area (TPSA) is 9.23 Å². The van der Waals surface area contributed by atoms with Gasteiger partial charge >= 0.3 is 0 Å². The first kappa shape index (κ1) is 9.94. The van der Waals surface area contributed by atoms with Crippen LogP contribution < -0.4 is 4.74 Å². The molecule has 0 aliphatic heterocycles. The molecule has 3 aromatic rings. The minimum atomic E-state index is 0.773. The fourth-order valence-electron chi connectivity index (χ4n) is 1.86. The number of benzene rings is 2. The van der Waals surface area contributed by atoms with Crippen molar-refractivity contribution < 1.29 is 4.74 Å². The Morgan fingerprint density at radius 1 is 1.00 bits per heavy atom. The van der Waals surface area contributed by atoms with Crippen LogP contribution in [0.3, 0.4) is 0 Å². The maximum atomic E-state index is 6.02. The number of thiophene rings is 1. The van der Waals surface area contributed by atoms with Crippen LogP contribution in [0.15, 0.2) is 36.4 Å². The van der Waals surface area contributed by atoms with Crippen molar-refractivity contribution in [2.45, 2.75) is 0 Å². The van der Waals surface area contributed by atoms with Crippen LogP contribution in [-0.2, 0) is 0 Å². The van der Waals surface area contributed by atoms with Crippen LogP contribution in [0.4, 0.5) is 0 Å². The van der Waals surface area contributed by atoms with E-state index in [1.54, 1.807) is 18.4 Å². The van der Waals surface area contributed by atoms with E-state index in [0.29, 0.717) is 0 Å². The Kier molecular flexibility index (Phi) is 2.27. The molecule has 0 radical (unpaired) electrons. The predicted molar refractivity (Wildman–Crippen MR) is 70.9 cm³/mol. The summed E-state index contributed by atoms with van der Waals surface area (Å²) in [6, 6.07) is 12.1. The van der Waals surface area contributed by atoms with E-state index < -0.39 is 0 Å². The van der Waals surface area contributed by atoms with Gasteiger partial charge in [-0.3, -0.25) is 0 Å². The molecule has 1 aromatic heterocycles. The van der Waals surface area contributed by atoms with E-state index in [1.165, 1.54) is 20.2 Å². The van der Waals surface area contributed by atoms with Gasteiger partial charge in [-0.15, -0.1) is 11.3 Å². The highest BCUT2D eigenvalue weighted by Gasteiger charge is 2.06. The molecule has 0 N–H and O–H groups in total. The Labute approximate surface area is 102 Å². The zero-order valence-electron chi connectivity index (χ0n) is 8.66. The van der Waals surface area contributed by atoms with Gasteiger partial charge in [-0.05, 0) is 36.4 Å². The van der Waals surface area contributed by atoms with Crippen LogP contribution in [0.25, 0.3) is 20.2 Å². The molecule has 1 heterocycles. The van der Waals surface area contributed by atoms with E-state index in [-0.39, 0.29) is 0 Å². The van der Waals surface area contributed by atoms with Crippen LogP contribution in [0.5, 0.6) is 5.75 Å². The third-order valence-corrected chi connectivity index (χ3v) is 4.03. The maximum absolute atomic E-state index is 6.02. The van der Waals surface area contributed by atoms with Crippen molar-refractivity contribution in [1.29, 1.82) is 0 Å². The highest BCUT2D eigenvalue weighted by Crippen LogP contribution is 2.36. The summed E-state index contributed by atoms with van der Waals surface area (Å²) in [5, 5.41) is 3.18. The van der Waals surface area contributed by atoms with Crippen LogP contribution in [-0.4, -0.2) is 7.11 Å². The molecule has 3 heteroatoms. The SMILES string of the molecule is COc1ccc2sc3ccc(Cl)cc3c2c1. The Bertz CT molecular complexity index is 672. The first-order chi connectivity index (χ1) is 7.78. The highest BCUT2D eigenvalue weighted by atomic mass is 35.5. The molecule has 80 valence electrons. The summed E-state index contributed by atoms with van der Waals surface area (Å²) in [5.41, 5.74) is 0. The van der Waals surface area contributed by atoms with Gasteiger partial charge in [0.15, 0.2) is 0 Å². The van der Waals surface area contributed by atoms with Crippen LogP contribution in [0.1, 0.15) is 0 Å². The summed E-state index contributed by atoms with van der Waals surface area (Å²) in [6.45, 7) is 0. The average molecular weight is 249 g/mol. The summed E-state index contributed by atoms with van der Waals surface area (Å²) >= 11 is 7.80. The molecule has 0 fully saturated rings. The summed E-state index contributed by atoms with van der Waals surface area (Å²) in [6.07, 6.45) is 0. The molecule has 0 amide bonds. The molecule has 0 aliphatic rings. The lowest BCUT2D eigenvalue weighted by Gasteiger charge is -1.98. The molecular weight excluding hydrogens is 240 g/mol. The van der Waals surface area contributed by atoms with Crippen molar-refractivity contribution in [3.05, 3.63) is 41.4 Å². The van der Waals surface area contributed by atoms with Gasteiger partial charge in [-0.2, -0.15) is 0 Å². The van der Waals surface area contributed by atoms with Gasteiger partial charge in [-0.25, -0.2) is 0 Å². The molecule has 0 spiro atoms. The fraction of sp³-hybridized carbons (Fsp3) is 0.0769. The third-order valence-electron chi connectivity index (χ3n) is 2.64. The van der Waals surface area contributed by atoms with Crippen molar-refractivity contribution in [1.82, 2.24) is 0 Å². The standard InChI is InChI=1S/C13H9ClOS/c1-15-9-3-5-13-11(7-9)10-6-8(14)2-4-12(10)16-13/h2-7H,1H3. The quantitative estimate of drug-likeness (QED) is 0.606. The van der Waals surface area contributed by atoms with Crippen LogP contribution in [0, 0.1) is 0 Å². The molecule has 0 saturated heterocycles. The molecule has 3 rings (SSSR count). The minimum Gasteiger partial charge on any atom is -0.497 e. The Morgan fingerprint density at radius 3 is 2.44 bits per heavy atom. The molecule has 0 atom stereocenters. The van der Waals surface area contributed by atoms with Gasteiger partial charge < -0.3 is 4.74 Å². The predicted octanol–water partition coefficient (Wildman–Crippen LogP) is 4.72. The molecule has 0 unspecified atom stereocenters. The van der Waals surface area contributed by atoms with E-state index >= 15 is 0 Å². The summed E-state index contributed by atoms with van der Waals surface area (Å²) in [7, 11) is 1.68. The fourth-order valence-corrected chi connectivity index (χ4v) is 3.09. The van der Waals surface area contributed by atoms with Crippen LogP contribution >= 0.6 is 22.9 Å². The van der Waals surface area contributed by atoms with E-state index in [1.807, 2.05) is 18.2 Å². The van der Waals surface area contributed by atoms with E-state index in [9.17, 15) is 0 Å². The molecule has 0 bridgehead atoms. The van der Waals surface area contributed by atoms with Gasteiger partial charge in [0.05, 0.1) is 7.11 Å². The minimum absolute atomic E-state index is 0.773. The number of ether oxygens (including phenoxy) is 1. The maximum Gasteiger partial charge on any atom is 0.119 e. The first-order valence-corrected chi connectivity index (χ1v) is 6.13. The lowest BCUT2D eigenvalue weighted by Crippen LogP contribution is -1.80. The van der Waals surface area contributed by atoms with Crippen molar-refractivity contribution in [3.63, 3.8) is 0 Å². The molecule has 16 heavy (non-hydrogen) atoms. The molecule has 0 aliphatic carbocycles. The number of halogens is 1. The lowest BCUT2D eigenvalue weighted by atomic mass is 10.1. The van der Waals surface area contributed by atoms with Gasteiger partial charge in [0, 0.05) is 25.2 Å². The number of rotatable bonds is 1. The van der Waals surface area contributed by atoms with Crippen molar-refractivity contribution in [2.75, 3.05) is 7.11 Å². The van der Waals surface area contributed by atoms with Gasteiger partial charge in [0.2, 0.25) is 0 Å². The average Bonchev–Trinajstić information content (AvgIpc) is 2.66. The largest absolute Gasteiger partial charge is 0.497 e. The molecule has 2 aromatic carbocycles. The molecule has 0 saturated carbocycles.